The second kappa shape index (κ2) is 11.8. The topological polar surface area (TPSA) is 108 Å². The van der Waals surface area contributed by atoms with Crippen LogP contribution < -0.4 is 5.32 Å². The summed E-state index contributed by atoms with van der Waals surface area (Å²) in [5.41, 5.74) is 4.35. The Morgan fingerprint density at radius 2 is 1.81 bits per heavy atom. The molecule has 0 bridgehead atoms. The number of carbonyl (C=O) groups is 2. The standard InChI is InChI=1S/C29H31N5O3/c1-19(2)28(35)33-25-9-8-23(17-24(25)18-30)26-10-11-31-27(32-26)16-21-4-6-22(7-5-21)20(3)29(36)34-12-14-37-15-13-34/h4-11,17,19-20H,12-16H2,1-3H3,(H,33,35). The number of carbonyl (C=O) groups excluding carboxylic acids is 2. The van der Waals surface area contributed by atoms with Gasteiger partial charge in [-0.05, 0) is 36.2 Å². The lowest BCUT2D eigenvalue weighted by Crippen LogP contribution is -2.42. The maximum Gasteiger partial charge on any atom is 0.229 e. The minimum Gasteiger partial charge on any atom is -0.378 e. The second-order valence-corrected chi connectivity index (χ2v) is 9.45. The molecule has 2 heterocycles. The van der Waals surface area contributed by atoms with Crippen molar-refractivity contribution in [3.05, 3.63) is 77.2 Å². The Morgan fingerprint density at radius 1 is 1.08 bits per heavy atom. The Kier molecular flexibility index (Phi) is 8.26. The van der Waals surface area contributed by atoms with Gasteiger partial charge in [0.1, 0.15) is 11.9 Å². The molecule has 0 spiro atoms. The van der Waals surface area contributed by atoms with Crippen LogP contribution in [0.3, 0.4) is 0 Å². The SMILES string of the molecule is CC(C)C(=O)Nc1ccc(-c2ccnc(Cc3ccc(C(C)C(=O)N4CCOCC4)cc3)n2)cc1C#N. The van der Waals surface area contributed by atoms with Crippen molar-refractivity contribution < 1.29 is 14.3 Å². The summed E-state index contributed by atoms with van der Waals surface area (Å²) in [6.45, 7) is 8.00. The number of nitrogens with one attached hydrogen (secondary N) is 1. The first kappa shape index (κ1) is 26.0. The number of nitrogens with zero attached hydrogens (tertiary/aromatic N) is 4. The highest BCUT2D eigenvalue weighted by atomic mass is 16.5. The molecule has 190 valence electrons. The molecule has 1 unspecified atom stereocenters. The van der Waals surface area contributed by atoms with E-state index in [4.69, 9.17) is 9.72 Å². The molecule has 4 rings (SSSR count). The van der Waals surface area contributed by atoms with Gasteiger partial charge >= 0.3 is 0 Å². The van der Waals surface area contributed by atoms with Crippen molar-refractivity contribution in [2.45, 2.75) is 33.1 Å². The van der Waals surface area contributed by atoms with E-state index in [2.05, 4.69) is 16.4 Å². The first-order valence-electron chi connectivity index (χ1n) is 12.5. The van der Waals surface area contributed by atoms with Crippen LogP contribution in [0.25, 0.3) is 11.3 Å². The summed E-state index contributed by atoms with van der Waals surface area (Å²) in [5.74, 6) is 0.240. The normalized spacial score (nSPS) is 14.2. The van der Waals surface area contributed by atoms with Gasteiger partial charge in [-0.25, -0.2) is 9.97 Å². The molecule has 1 fully saturated rings. The highest BCUT2D eigenvalue weighted by Crippen LogP contribution is 2.25. The molecule has 1 N–H and O–H groups in total. The van der Waals surface area contributed by atoms with Gasteiger partial charge in [-0.1, -0.05) is 44.2 Å². The zero-order chi connectivity index (χ0) is 26.4. The van der Waals surface area contributed by atoms with Gasteiger partial charge < -0.3 is 15.0 Å². The third-order valence-electron chi connectivity index (χ3n) is 6.46. The second-order valence-electron chi connectivity index (χ2n) is 9.45. The highest BCUT2D eigenvalue weighted by molar-refractivity contribution is 5.93. The summed E-state index contributed by atoms with van der Waals surface area (Å²) < 4.78 is 5.35. The molecular formula is C29H31N5O3. The summed E-state index contributed by atoms with van der Waals surface area (Å²) in [5, 5.41) is 12.4. The summed E-state index contributed by atoms with van der Waals surface area (Å²) in [4.78, 5) is 35.8. The monoisotopic (exact) mass is 497 g/mol. The van der Waals surface area contributed by atoms with E-state index in [9.17, 15) is 14.9 Å². The number of amides is 2. The van der Waals surface area contributed by atoms with Crippen LogP contribution in [0.5, 0.6) is 0 Å². The number of anilines is 1. The Balaban J connectivity index is 1.46. The molecule has 0 aliphatic carbocycles. The molecule has 1 aliphatic rings. The molecule has 1 saturated heterocycles. The Morgan fingerprint density at radius 3 is 2.49 bits per heavy atom. The average molecular weight is 498 g/mol. The number of morpholine rings is 1. The quantitative estimate of drug-likeness (QED) is 0.525. The Labute approximate surface area is 217 Å². The maximum absolute atomic E-state index is 12.8. The predicted octanol–water partition coefficient (Wildman–Crippen LogP) is 4.16. The molecule has 2 amide bonds. The third kappa shape index (κ3) is 6.38. The highest BCUT2D eigenvalue weighted by Gasteiger charge is 2.23. The fourth-order valence-electron chi connectivity index (χ4n) is 4.13. The fourth-order valence-corrected chi connectivity index (χ4v) is 4.13. The van der Waals surface area contributed by atoms with Crippen molar-refractivity contribution in [1.82, 2.24) is 14.9 Å². The van der Waals surface area contributed by atoms with Gasteiger partial charge in [0.05, 0.1) is 36.1 Å². The van der Waals surface area contributed by atoms with E-state index in [1.54, 1.807) is 38.2 Å². The first-order valence-corrected chi connectivity index (χ1v) is 12.5. The zero-order valence-corrected chi connectivity index (χ0v) is 21.4. The van der Waals surface area contributed by atoms with Gasteiger partial charge in [-0.15, -0.1) is 0 Å². The number of ether oxygens (including phenoxy) is 1. The maximum atomic E-state index is 12.8. The van der Waals surface area contributed by atoms with Gasteiger partial charge in [-0.2, -0.15) is 5.26 Å². The summed E-state index contributed by atoms with van der Waals surface area (Å²) in [6, 6.07) is 17.3. The Hall–Kier alpha value is -4.09. The largest absolute Gasteiger partial charge is 0.378 e. The van der Waals surface area contributed by atoms with Crippen molar-refractivity contribution in [3.63, 3.8) is 0 Å². The van der Waals surface area contributed by atoms with Gasteiger partial charge in [0.15, 0.2) is 0 Å². The lowest BCUT2D eigenvalue weighted by atomic mass is 9.97. The Bertz CT molecular complexity index is 1310. The van der Waals surface area contributed by atoms with E-state index in [0.29, 0.717) is 55.5 Å². The van der Waals surface area contributed by atoms with Crippen LogP contribution >= 0.6 is 0 Å². The average Bonchev–Trinajstić information content (AvgIpc) is 2.93. The zero-order valence-electron chi connectivity index (χ0n) is 21.4. The van der Waals surface area contributed by atoms with Crippen LogP contribution in [0.1, 0.15) is 49.2 Å². The number of hydrogen-bond donors (Lipinski definition) is 1. The van der Waals surface area contributed by atoms with Gasteiger partial charge in [-0.3, -0.25) is 9.59 Å². The van der Waals surface area contributed by atoms with Crippen molar-refractivity contribution in [1.29, 1.82) is 5.26 Å². The summed E-state index contributed by atoms with van der Waals surface area (Å²) in [7, 11) is 0. The molecule has 0 radical (unpaired) electrons. The molecule has 37 heavy (non-hydrogen) atoms. The van der Waals surface area contributed by atoms with Crippen LogP contribution in [0, 0.1) is 17.2 Å². The van der Waals surface area contributed by atoms with Crippen LogP contribution in [-0.2, 0) is 20.7 Å². The van der Waals surface area contributed by atoms with Crippen LogP contribution in [0.15, 0.2) is 54.7 Å². The first-order chi connectivity index (χ1) is 17.9. The van der Waals surface area contributed by atoms with Gasteiger partial charge in [0, 0.05) is 37.2 Å². The number of hydrogen-bond acceptors (Lipinski definition) is 6. The number of nitriles is 1. The van der Waals surface area contributed by atoms with Crippen LogP contribution in [-0.4, -0.2) is 53.0 Å². The molecule has 3 aromatic rings. The smallest absolute Gasteiger partial charge is 0.229 e. The van der Waals surface area contributed by atoms with Gasteiger partial charge in [0.2, 0.25) is 11.8 Å². The molecule has 1 aromatic heterocycles. The number of rotatable bonds is 7. The van der Waals surface area contributed by atoms with Crippen molar-refractivity contribution >= 4 is 17.5 Å². The summed E-state index contributed by atoms with van der Waals surface area (Å²) in [6.07, 6.45) is 2.24. The van der Waals surface area contributed by atoms with Crippen LogP contribution in [0.2, 0.25) is 0 Å². The molecule has 1 atom stereocenters. The number of benzene rings is 2. The van der Waals surface area contributed by atoms with Crippen molar-refractivity contribution in [2.75, 3.05) is 31.6 Å². The molecular weight excluding hydrogens is 466 g/mol. The number of aromatic nitrogens is 2. The molecule has 2 aromatic carbocycles. The predicted molar refractivity (Wildman–Crippen MR) is 141 cm³/mol. The minimum absolute atomic E-state index is 0.124. The molecule has 0 saturated carbocycles. The van der Waals surface area contributed by atoms with Crippen molar-refractivity contribution in [3.8, 4) is 17.3 Å². The van der Waals surface area contributed by atoms with E-state index in [1.807, 2.05) is 42.2 Å². The fraction of sp³-hybridized carbons (Fsp3) is 0.345. The lowest BCUT2D eigenvalue weighted by Gasteiger charge is -2.29. The minimum atomic E-state index is -0.214. The van der Waals surface area contributed by atoms with E-state index in [0.717, 1.165) is 16.7 Å². The van der Waals surface area contributed by atoms with Gasteiger partial charge in [0.25, 0.3) is 0 Å². The van der Waals surface area contributed by atoms with Crippen LogP contribution in [0.4, 0.5) is 5.69 Å². The summed E-state index contributed by atoms with van der Waals surface area (Å²) >= 11 is 0. The molecule has 8 heteroatoms. The molecule has 1 aliphatic heterocycles. The van der Waals surface area contributed by atoms with E-state index < -0.39 is 0 Å². The van der Waals surface area contributed by atoms with E-state index in [1.165, 1.54) is 0 Å². The van der Waals surface area contributed by atoms with E-state index in [-0.39, 0.29) is 23.7 Å². The third-order valence-corrected chi connectivity index (χ3v) is 6.46. The van der Waals surface area contributed by atoms with E-state index >= 15 is 0 Å². The molecule has 8 nitrogen and oxygen atoms in total. The van der Waals surface area contributed by atoms with Crippen molar-refractivity contribution in [2.24, 2.45) is 5.92 Å². The lowest BCUT2D eigenvalue weighted by molar-refractivity contribution is -0.136.